The molecule has 0 spiro atoms. The number of halogens is 3. The minimum absolute atomic E-state index is 0.259. The number of carbonyl (C=O) groups is 1. The number of hydrogen-bond acceptors (Lipinski definition) is 6. The Morgan fingerprint density at radius 2 is 1.97 bits per heavy atom. The summed E-state index contributed by atoms with van der Waals surface area (Å²) in [5, 5.41) is 7.57. The van der Waals surface area contributed by atoms with Gasteiger partial charge < -0.3 is 14.8 Å². The van der Waals surface area contributed by atoms with Crippen LogP contribution < -0.4 is 20.3 Å². The number of fused-ring (bicyclic) bond motifs is 1. The van der Waals surface area contributed by atoms with Crippen molar-refractivity contribution in [1.29, 1.82) is 0 Å². The van der Waals surface area contributed by atoms with Gasteiger partial charge in [-0.2, -0.15) is 9.78 Å². The van der Waals surface area contributed by atoms with Crippen molar-refractivity contribution in [2.24, 2.45) is 5.10 Å². The van der Waals surface area contributed by atoms with Gasteiger partial charge >= 0.3 is 0 Å². The Balaban J connectivity index is 1.57. The van der Waals surface area contributed by atoms with Crippen molar-refractivity contribution in [3.8, 4) is 11.5 Å². The molecule has 0 unspecified atom stereocenters. The number of rotatable bonds is 9. The van der Waals surface area contributed by atoms with Crippen molar-refractivity contribution in [3.05, 3.63) is 90.2 Å². The molecular weight excluding hydrogens is 670 g/mol. The maximum absolute atomic E-state index is 13.2. The van der Waals surface area contributed by atoms with E-state index in [1.54, 1.807) is 30.5 Å². The molecule has 1 N–H and O–H groups in total. The number of aryl methyl sites for hydroxylation is 1. The van der Waals surface area contributed by atoms with Crippen LogP contribution in [0.2, 0.25) is 0 Å². The number of anilines is 1. The maximum atomic E-state index is 13.2. The van der Waals surface area contributed by atoms with Crippen molar-refractivity contribution in [2.75, 3.05) is 19.0 Å². The zero-order valence-corrected chi connectivity index (χ0v) is 24.2. The van der Waals surface area contributed by atoms with E-state index < -0.39 is 11.7 Å². The third-order valence-electron chi connectivity index (χ3n) is 5.40. The number of nitrogens with zero attached hydrogens (tertiary/aromatic N) is 3. The molecule has 0 aliphatic heterocycles. The first-order valence-electron chi connectivity index (χ1n) is 11.6. The largest absolute Gasteiger partial charge is 0.493 e. The molecule has 38 heavy (non-hydrogen) atoms. The van der Waals surface area contributed by atoms with Crippen LogP contribution in [-0.4, -0.2) is 35.5 Å². The van der Waals surface area contributed by atoms with E-state index in [-0.39, 0.29) is 12.2 Å². The number of amides is 1. The lowest BCUT2D eigenvalue weighted by molar-refractivity contribution is -0.118. The highest BCUT2D eigenvalue weighted by Crippen LogP contribution is 2.33. The first-order chi connectivity index (χ1) is 18.3. The highest BCUT2D eigenvalue weighted by Gasteiger charge is 2.15. The van der Waals surface area contributed by atoms with E-state index in [4.69, 9.17) is 9.47 Å². The van der Waals surface area contributed by atoms with Gasteiger partial charge in [0.25, 0.3) is 11.5 Å². The molecule has 1 aromatic heterocycles. The van der Waals surface area contributed by atoms with E-state index in [1.165, 1.54) is 36.1 Å². The Morgan fingerprint density at radius 3 is 2.68 bits per heavy atom. The zero-order valence-electron chi connectivity index (χ0n) is 20.5. The van der Waals surface area contributed by atoms with Crippen LogP contribution in [0.15, 0.2) is 69.0 Å². The van der Waals surface area contributed by atoms with Gasteiger partial charge in [-0.15, -0.1) is 0 Å². The molecule has 3 aromatic carbocycles. The summed E-state index contributed by atoms with van der Waals surface area (Å²) in [5.41, 5.74) is 1.48. The van der Waals surface area contributed by atoms with Gasteiger partial charge in [0.2, 0.25) is 0 Å². The fourth-order valence-electron chi connectivity index (χ4n) is 3.65. The summed E-state index contributed by atoms with van der Waals surface area (Å²) in [4.78, 5) is 30.2. The molecule has 11 heteroatoms. The summed E-state index contributed by atoms with van der Waals surface area (Å²) in [7, 11) is 1.49. The van der Waals surface area contributed by atoms with Crippen molar-refractivity contribution < 1.29 is 18.7 Å². The monoisotopic (exact) mass is 692 g/mol. The summed E-state index contributed by atoms with van der Waals surface area (Å²) in [5.74, 6) is 0.560. The molecule has 0 radical (unpaired) electrons. The average Bonchev–Trinajstić information content (AvgIpc) is 2.89. The van der Waals surface area contributed by atoms with Crippen LogP contribution in [0.1, 0.15) is 24.7 Å². The van der Waals surface area contributed by atoms with Crippen molar-refractivity contribution >= 4 is 67.2 Å². The summed E-state index contributed by atoms with van der Waals surface area (Å²) in [6, 6.07) is 14.3. The van der Waals surface area contributed by atoms with E-state index in [1.807, 2.05) is 13.0 Å². The smallest absolute Gasteiger partial charge is 0.282 e. The second-order valence-corrected chi connectivity index (χ2v) is 10.3. The molecule has 1 amide bonds. The molecule has 0 bridgehead atoms. The van der Waals surface area contributed by atoms with E-state index in [0.29, 0.717) is 49.5 Å². The van der Waals surface area contributed by atoms with Crippen LogP contribution in [0.25, 0.3) is 10.9 Å². The average molecular weight is 693 g/mol. The van der Waals surface area contributed by atoms with Gasteiger partial charge in [0, 0.05) is 16.6 Å². The predicted molar refractivity (Wildman–Crippen MR) is 157 cm³/mol. The lowest BCUT2D eigenvalue weighted by Gasteiger charge is -2.14. The van der Waals surface area contributed by atoms with Gasteiger partial charge in [-0.1, -0.05) is 22.9 Å². The highest BCUT2D eigenvalue weighted by molar-refractivity contribution is 14.1. The van der Waals surface area contributed by atoms with Crippen LogP contribution in [0.4, 0.5) is 10.1 Å². The molecule has 0 aliphatic carbocycles. The summed E-state index contributed by atoms with van der Waals surface area (Å²) in [6.07, 6.45) is 2.95. The fourth-order valence-corrected chi connectivity index (χ4v) is 4.79. The lowest BCUT2D eigenvalue weighted by atomic mass is 10.2. The van der Waals surface area contributed by atoms with Gasteiger partial charge in [-0.25, -0.2) is 9.37 Å². The summed E-state index contributed by atoms with van der Waals surface area (Å²) >= 11 is 5.49. The maximum Gasteiger partial charge on any atom is 0.282 e. The Hall–Kier alpha value is -3.32. The molecule has 1 heterocycles. The topological polar surface area (TPSA) is 94.8 Å². The third kappa shape index (κ3) is 6.57. The highest BCUT2D eigenvalue weighted by atomic mass is 127. The lowest BCUT2D eigenvalue weighted by Crippen LogP contribution is -2.22. The molecule has 0 fully saturated rings. The van der Waals surface area contributed by atoms with E-state index in [0.717, 1.165) is 10.9 Å². The van der Waals surface area contributed by atoms with Gasteiger partial charge in [-0.05, 0) is 89.2 Å². The van der Waals surface area contributed by atoms with E-state index >= 15 is 0 Å². The van der Waals surface area contributed by atoms with Gasteiger partial charge in [0.05, 0.1) is 27.8 Å². The molecule has 0 saturated carbocycles. The van der Waals surface area contributed by atoms with Gasteiger partial charge in [0.15, 0.2) is 18.1 Å². The van der Waals surface area contributed by atoms with Crippen molar-refractivity contribution in [3.63, 3.8) is 0 Å². The molecule has 196 valence electrons. The molecule has 4 rings (SSSR count). The Labute approximate surface area is 240 Å². The van der Waals surface area contributed by atoms with Crippen LogP contribution in [0, 0.1) is 9.39 Å². The van der Waals surface area contributed by atoms with Gasteiger partial charge in [0.1, 0.15) is 11.6 Å². The number of hydrogen-bond donors (Lipinski definition) is 1. The minimum Gasteiger partial charge on any atom is -0.493 e. The summed E-state index contributed by atoms with van der Waals surface area (Å²) in [6.45, 7) is 1.74. The van der Waals surface area contributed by atoms with Crippen molar-refractivity contribution in [2.45, 2.75) is 19.8 Å². The Bertz CT molecular complexity index is 1570. The summed E-state index contributed by atoms with van der Waals surface area (Å²) < 4.78 is 27.1. The fraction of sp³-hybridized carbons (Fsp3) is 0.185. The minimum atomic E-state index is -0.404. The van der Waals surface area contributed by atoms with Crippen molar-refractivity contribution in [1.82, 2.24) is 9.66 Å². The van der Waals surface area contributed by atoms with E-state index in [9.17, 15) is 14.0 Å². The number of ether oxygens (including phenoxy) is 2. The number of methoxy groups -OCH3 is 1. The number of aromatic nitrogens is 2. The normalized spacial score (nSPS) is 11.2. The van der Waals surface area contributed by atoms with Crippen LogP contribution >= 0.6 is 38.5 Å². The molecule has 0 saturated heterocycles. The molecule has 8 nitrogen and oxygen atoms in total. The second-order valence-electron chi connectivity index (χ2n) is 8.18. The predicted octanol–water partition coefficient (Wildman–Crippen LogP) is 5.76. The molecular formula is C27H23BrFIN4O4. The first kappa shape index (κ1) is 27.7. The first-order valence-corrected chi connectivity index (χ1v) is 13.5. The van der Waals surface area contributed by atoms with Gasteiger partial charge in [-0.3, -0.25) is 9.59 Å². The molecule has 0 atom stereocenters. The van der Waals surface area contributed by atoms with Crippen LogP contribution in [0.5, 0.6) is 11.5 Å². The number of carbonyl (C=O) groups excluding carboxylic acids is 1. The molecule has 4 aromatic rings. The zero-order chi connectivity index (χ0) is 27.2. The second kappa shape index (κ2) is 12.5. The third-order valence-corrected chi connectivity index (χ3v) is 6.69. The standard InChI is InChI=1S/C27H23BrFIN4O4/c1-3-4-24-33-22-10-5-17(28)13-20(22)27(36)34(24)31-14-16-11-21(30)26(23(12-16)37-2)38-15-25(35)32-19-8-6-18(29)7-9-19/h5-14H,3-4,15H2,1-2H3,(H,32,35). The number of benzene rings is 3. The Kier molecular flexibility index (Phi) is 9.10. The van der Waals surface area contributed by atoms with Crippen LogP contribution in [0.3, 0.4) is 0 Å². The quantitative estimate of drug-likeness (QED) is 0.178. The van der Waals surface area contributed by atoms with Crippen LogP contribution in [-0.2, 0) is 11.2 Å². The number of nitrogens with one attached hydrogen (secondary N) is 1. The Morgan fingerprint density at radius 1 is 1.21 bits per heavy atom. The SMILES string of the molecule is CCCc1nc2ccc(Br)cc2c(=O)n1N=Cc1cc(I)c(OCC(=O)Nc2ccc(F)cc2)c(OC)c1. The van der Waals surface area contributed by atoms with E-state index in [2.05, 4.69) is 53.9 Å². The molecule has 0 aliphatic rings.